The van der Waals surface area contributed by atoms with E-state index in [0.29, 0.717) is 44.8 Å². The zero-order chi connectivity index (χ0) is 20.1. The van der Waals surface area contributed by atoms with E-state index in [0.717, 1.165) is 32.0 Å². The van der Waals surface area contributed by atoms with E-state index in [-0.39, 0.29) is 5.91 Å². The van der Waals surface area contributed by atoms with Crippen molar-refractivity contribution in [1.29, 1.82) is 0 Å². The smallest absolute Gasteiger partial charge is 0.282 e. The number of amides is 1. The zero-order valence-corrected chi connectivity index (χ0v) is 17.5. The molecule has 2 aliphatic heterocycles. The Kier molecular flexibility index (Phi) is 6.92. The summed E-state index contributed by atoms with van der Waals surface area (Å²) in [7, 11) is -3.44. The molecule has 0 spiro atoms. The molecule has 156 valence electrons. The van der Waals surface area contributed by atoms with Crippen LogP contribution in [-0.4, -0.2) is 93.4 Å². The molecule has 1 amide bonds. The molecule has 2 aliphatic rings. The summed E-state index contributed by atoms with van der Waals surface area (Å²) < 4.78 is 33.5. The van der Waals surface area contributed by atoms with Crippen LogP contribution in [0.2, 0.25) is 0 Å². The number of hydrogen-bond acceptors (Lipinski definition) is 5. The topological polar surface area (TPSA) is 73.4 Å². The third-order valence-corrected chi connectivity index (χ3v) is 7.56. The second kappa shape index (κ2) is 9.21. The van der Waals surface area contributed by atoms with Gasteiger partial charge in [-0.1, -0.05) is 13.8 Å². The molecule has 0 N–H and O–H groups in total. The summed E-state index contributed by atoms with van der Waals surface area (Å²) in [5.41, 5.74) is 1.73. The SMILES string of the molecule is CCN(CC)S(=O)(=O)N1CCN(C(=O)c2ccc(N3CCOCC3)cc2)CC1. The first kappa shape index (κ1) is 21.0. The molecular weight excluding hydrogens is 380 g/mol. The summed E-state index contributed by atoms with van der Waals surface area (Å²) in [5, 5.41) is 0. The van der Waals surface area contributed by atoms with Gasteiger partial charge in [0.25, 0.3) is 16.1 Å². The summed E-state index contributed by atoms with van der Waals surface area (Å²) in [5.74, 6) is -0.0478. The van der Waals surface area contributed by atoms with Crippen molar-refractivity contribution in [3.63, 3.8) is 0 Å². The molecular formula is C19H30N4O4S. The fourth-order valence-corrected chi connectivity index (χ4v) is 5.26. The van der Waals surface area contributed by atoms with E-state index in [1.165, 1.54) is 8.61 Å². The van der Waals surface area contributed by atoms with E-state index >= 15 is 0 Å². The number of anilines is 1. The molecule has 0 atom stereocenters. The predicted octanol–water partition coefficient (Wildman–Crippen LogP) is 0.868. The molecule has 0 saturated carbocycles. The van der Waals surface area contributed by atoms with Crippen LogP contribution in [0.1, 0.15) is 24.2 Å². The van der Waals surface area contributed by atoms with Gasteiger partial charge in [0.2, 0.25) is 0 Å². The molecule has 0 aromatic heterocycles. The lowest BCUT2D eigenvalue weighted by molar-refractivity contribution is 0.0694. The van der Waals surface area contributed by atoms with Gasteiger partial charge in [-0.25, -0.2) is 0 Å². The van der Waals surface area contributed by atoms with E-state index in [2.05, 4.69) is 4.90 Å². The number of rotatable bonds is 6. The molecule has 1 aromatic carbocycles. The Bertz CT molecular complexity index is 751. The number of ether oxygens (including phenoxy) is 1. The van der Waals surface area contributed by atoms with Gasteiger partial charge < -0.3 is 14.5 Å². The maximum absolute atomic E-state index is 12.8. The van der Waals surface area contributed by atoms with E-state index < -0.39 is 10.2 Å². The Labute approximate surface area is 167 Å². The number of carbonyl (C=O) groups excluding carboxylic acids is 1. The second-order valence-corrected chi connectivity index (χ2v) is 8.86. The lowest BCUT2D eigenvalue weighted by Gasteiger charge is -2.36. The number of benzene rings is 1. The minimum Gasteiger partial charge on any atom is -0.378 e. The first-order chi connectivity index (χ1) is 13.5. The van der Waals surface area contributed by atoms with Crippen LogP contribution in [0.25, 0.3) is 0 Å². The van der Waals surface area contributed by atoms with Gasteiger partial charge in [0.05, 0.1) is 13.2 Å². The van der Waals surface area contributed by atoms with Gasteiger partial charge >= 0.3 is 0 Å². The number of piperazine rings is 1. The maximum Gasteiger partial charge on any atom is 0.282 e. The highest BCUT2D eigenvalue weighted by molar-refractivity contribution is 7.86. The number of morpholine rings is 1. The van der Waals surface area contributed by atoms with Gasteiger partial charge in [-0.05, 0) is 24.3 Å². The first-order valence-corrected chi connectivity index (χ1v) is 11.3. The third kappa shape index (κ3) is 4.48. The van der Waals surface area contributed by atoms with Crippen LogP contribution in [-0.2, 0) is 14.9 Å². The standard InChI is InChI=1S/C19H30N4O4S/c1-3-22(4-2)28(25,26)23-11-9-21(10-12-23)19(24)17-5-7-18(8-6-17)20-13-15-27-16-14-20/h5-8H,3-4,9-16H2,1-2H3. The van der Waals surface area contributed by atoms with Crippen LogP contribution >= 0.6 is 0 Å². The zero-order valence-electron chi connectivity index (χ0n) is 16.7. The summed E-state index contributed by atoms with van der Waals surface area (Å²) in [6.45, 7) is 9.21. The first-order valence-electron chi connectivity index (χ1n) is 9.94. The van der Waals surface area contributed by atoms with Crippen LogP contribution < -0.4 is 4.90 Å². The van der Waals surface area contributed by atoms with Gasteiger partial charge in [0.15, 0.2) is 0 Å². The van der Waals surface area contributed by atoms with Crippen molar-refractivity contribution < 1.29 is 17.9 Å². The van der Waals surface area contributed by atoms with Crippen molar-refractivity contribution in [2.24, 2.45) is 0 Å². The van der Waals surface area contributed by atoms with Crippen LogP contribution in [0, 0.1) is 0 Å². The lowest BCUT2D eigenvalue weighted by Crippen LogP contribution is -2.54. The molecule has 3 rings (SSSR count). The summed E-state index contributed by atoms with van der Waals surface area (Å²) in [6, 6.07) is 7.65. The second-order valence-electron chi connectivity index (χ2n) is 6.93. The molecule has 8 nitrogen and oxygen atoms in total. The monoisotopic (exact) mass is 410 g/mol. The molecule has 2 fully saturated rings. The normalized spacial score (nSPS) is 19.2. The van der Waals surface area contributed by atoms with Gasteiger partial charge in [-0.15, -0.1) is 0 Å². The van der Waals surface area contributed by atoms with Crippen molar-refractivity contribution in [2.75, 3.05) is 70.5 Å². The predicted molar refractivity (Wildman–Crippen MR) is 109 cm³/mol. The largest absolute Gasteiger partial charge is 0.378 e. The summed E-state index contributed by atoms with van der Waals surface area (Å²) in [4.78, 5) is 16.8. The number of carbonyl (C=O) groups is 1. The molecule has 2 heterocycles. The Balaban J connectivity index is 1.59. The molecule has 0 radical (unpaired) electrons. The highest BCUT2D eigenvalue weighted by Gasteiger charge is 2.32. The van der Waals surface area contributed by atoms with Gasteiger partial charge in [-0.2, -0.15) is 17.0 Å². The number of nitrogens with zero attached hydrogens (tertiary/aromatic N) is 4. The maximum atomic E-state index is 12.8. The van der Waals surface area contributed by atoms with Gasteiger partial charge in [0, 0.05) is 63.6 Å². The summed E-state index contributed by atoms with van der Waals surface area (Å²) >= 11 is 0. The van der Waals surface area contributed by atoms with Crippen LogP contribution in [0.5, 0.6) is 0 Å². The van der Waals surface area contributed by atoms with Crippen molar-refractivity contribution in [1.82, 2.24) is 13.5 Å². The minimum atomic E-state index is -3.44. The number of hydrogen-bond donors (Lipinski definition) is 0. The van der Waals surface area contributed by atoms with E-state index in [1.54, 1.807) is 4.90 Å². The molecule has 0 aliphatic carbocycles. The average Bonchev–Trinajstić information content (AvgIpc) is 2.75. The van der Waals surface area contributed by atoms with Crippen molar-refractivity contribution in [3.8, 4) is 0 Å². The van der Waals surface area contributed by atoms with Crippen molar-refractivity contribution >= 4 is 21.8 Å². The fourth-order valence-electron chi connectivity index (χ4n) is 3.65. The third-order valence-electron chi connectivity index (χ3n) is 5.37. The van der Waals surface area contributed by atoms with Gasteiger partial charge in [0.1, 0.15) is 0 Å². The molecule has 2 saturated heterocycles. The lowest BCUT2D eigenvalue weighted by atomic mass is 10.1. The van der Waals surface area contributed by atoms with Gasteiger partial charge in [-0.3, -0.25) is 4.79 Å². The molecule has 28 heavy (non-hydrogen) atoms. The minimum absolute atomic E-state index is 0.0478. The van der Waals surface area contributed by atoms with Crippen LogP contribution in [0.4, 0.5) is 5.69 Å². The summed E-state index contributed by atoms with van der Waals surface area (Å²) in [6.07, 6.45) is 0. The quantitative estimate of drug-likeness (QED) is 0.696. The van der Waals surface area contributed by atoms with E-state index in [4.69, 9.17) is 4.74 Å². The molecule has 0 bridgehead atoms. The molecule has 1 aromatic rings. The van der Waals surface area contributed by atoms with E-state index in [1.807, 2.05) is 38.1 Å². The highest BCUT2D eigenvalue weighted by Crippen LogP contribution is 2.19. The van der Waals surface area contributed by atoms with Crippen LogP contribution in [0.15, 0.2) is 24.3 Å². The Morgan fingerprint density at radius 1 is 0.964 bits per heavy atom. The molecule has 9 heteroatoms. The average molecular weight is 411 g/mol. The Hall–Kier alpha value is -1.68. The van der Waals surface area contributed by atoms with E-state index in [9.17, 15) is 13.2 Å². The Morgan fingerprint density at radius 2 is 1.54 bits per heavy atom. The van der Waals surface area contributed by atoms with Crippen molar-refractivity contribution in [3.05, 3.63) is 29.8 Å². The highest BCUT2D eigenvalue weighted by atomic mass is 32.2. The molecule has 0 unspecified atom stereocenters. The van der Waals surface area contributed by atoms with Crippen molar-refractivity contribution in [2.45, 2.75) is 13.8 Å². The fraction of sp³-hybridized carbons (Fsp3) is 0.632. The Morgan fingerprint density at radius 3 is 2.07 bits per heavy atom. The van der Waals surface area contributed by atoms with Crippen LogP contribution in [0.3, 0.4) is 0 Å².